The van der Waals surface area contributed by atoms with E-state index in [9.17, 15) is 8.42 Å². The molecule has 2 aliphatic heterocycles. The molecule has 1 aromatic rings. The van der Waals surface area contributed by atoms with Crippen molar-refractivity contribution in [3.8, 4) is 5.75 Å². The number of methoxy groups -OCH3 is 1. The lowest BCUT2D eigenvalue weighted by molar-refractivity contribution is 0.190. The van der Waals surface area contributed by atoms with Crippen LogP contribution in [0.15, 0.2) is 24.3 Å². The highest BCUT2D eigenvalue weighted by Gasteiger charge is 2.37. The van der Waals surface area contributed by atoms with Crippen LogP contribution in [0.1, 0.15) is 19.3 Å². The second-order valence-corrected chi connectivity index (χ2v) is 15.1. The normalized spacial score (nSPS) is 21.7. The maximum absolute atomic E-state index is 12.3. The number of ether oxygens (including phenoxy) is 1. The van der Waals surface area contributed by atoms with E-state index in [1.807, 2.05) is 6.07 Å². The van der Waals surface area contributed by atoms with Gasteiger partial charge >= 0.3 is 0 Å². The first-order chi connectivity index (χ1) is 13.4. The van der Waals surface area contributed by atoms with Gasteiger partial charge in [-0.2, -0.15) is 17.0 Å². The van der Waals surface area contributed by atoms with Crippen molar-refractivity contribution in [3.05, 3.63) is 24.3 Å². The van der Waals surface area contributed by atoms with E-state index in [4.69, 9.17) is 4.74 Å². The Hall–Kier alpha value is -0.933. The molecule has 0 spiro atoms. The zero-order valence-corrected chi connectivity index (χ0v) is 19.4. The van der Waals surface area contributed by atoms with Crippen molar-refractivity contribution in [2.45, 2.75) is 37.4 Å². The summed E-state index contributed by atoms with van der Waals surface area (Å²) in [5, 5.41) is 1.54. The SMILES string of the molecule is COc1cccc([Si]2(CCN3CCN(S(=O)(=O)N(C)C)CC3)CCCCC2)c1. The van der Waals surface area contributed by atoms with Crippen LogP contribution in [0.2, 0.25) is 18.1 Å². The second kappa shape index (κ2) is 9.26. The molecule has 0 aliphatic carbocycles. The highest BCUT2D eigenvalue weighted by Crippen LogP contribution is 2.32. The van der Waals surface area contributed by atoms with Gasteiger partial charge in [-0.1, -0.05) is 48.7 Å². The van der Waals surface area contributed by atoms with E-state index in [-0.39, 0.29) is 0 Å². The molecule has 2 saturated heterocycles. The summed E-state index contributed by atoms with van der Waals surface area (Å²) in [7, 11) is 0.146. The molecule has 3 rings (SSSR count). The fraction of sp³-hybridized carbons (Fsp3) is 0.700. The number of hydrogen-bond acceptors (Lipinski definition) is 4. The zero-order valence-electron chi connectivity index (χ0n) is 17.6. The maximum atomic E-state index is 12.3. The van der Waals surface area contributed by atoms with E-state index in [2.05, 4.69) is 23.1 Å². The van der Waals surface area contributed by atoms with Crippen LogP contribution in [0.4, 0.5) is 0 Å². The maximum Gasteiger partial charge on any atom is 0.281 e. The minimum Gasteiger partial charge on any atom is -0.497 e. The molecule has 0 bridgehead atoms. The van der Waals surface area contributed by atoms with E-state index in [0.717, 1.165) is 25.4 Å². The third-order valence-electron chi connectivity index (χ3n) is 6.52. The number of hydrogen-bond donors (Lipinski definition) is 0. The first kappa shape index (κ1) is 21.8. The fourth-order valence-electron chi connectivity index (χ4n) is 4.65. The van der Waals surface area contributed by atoms with Gasteiger partial charge in [-0.3, -0.25) is 0 Å². The van der Waals surface area contributed by atoms with Crippen LogP contribution >= 0.6 is 0 Å². The summed E-state index contributed by atoms with van der Waals surface area (Å²) in [5.74, 6) is 0.970. The van der Waals surface area contributed by atoms with Gasteiger partial charge < -0.3 is 9.64 Å². The topological polar surface area (TPSA) is 53.1 Å². The molecule has 2 heterocycles. The van der Waals surface area contributed by atoms with Gasteiger partial charge in [0, 0.05) is 40.3 Å². The molecule has 0 saturated carbocycles. The third-order valence-corrected chi connectivity index (χ3v) is 13.8. The molecule has 0 N–H and O–H groups in total. The van der Waals surface area contributed by atoms with Crippen LogP contribution in [0.25, 0.3) is 0 Å². The molecule has 28 heavy (non-hydrogen) atoms. The van der Waals surface area contributed by atoms with E-state index in [1.54, 1.807) is 30.7 Å². The quantitative estimate of drug-likeness (QED) is 0.627. The molecule has 158 valence electrons. The highest BCUT2D eigenvalue weighted by atomic mass is 32.2. The van der Waals surface area contributed by atoms with Crippen LogP contribution in [0.5, 0.6) is 5.75 Å². The molecule has 0 atom stereocenters. The average molecular weight is 426 g/mol. The van der Waals surface area contributed by atoms with E-state index < -0.39 is 18.3 Å². The van der Waals surface area contributed by atoms with Crippen LogP contribution in [0, 0.1) is 0 Å². The Labute approximate surface area is 171 Å². The minimum atomic E-state index is -3.29. The Balaban J connectivity index is 1.64. The van der Waals surface area contributed by atoms with Crippen molar-refractivity contribution in [1.82, 2.24) is 13.5 Å². The first-order valence-electron chi connectivity index (χ1n) is 10.4. The smallest absolute Gasteiger partial charge is 0.281 e. The van der Waals surface area contributed by atoms with E-state index in [0.29, 0.717) is 13.1 Å². The summed E-state index contributed by atoms with van der Waals surface area (Å²) in [5.41, 5.74) is 0. The van der Waals surface area contributed by atoms with E-state index in [1.165, 1.54) is 41.7 Å². The summed E-state index contributed by atoms with van der Waals surface area (Å²) in [6.07, 6.45) is 4.05. The highest BCUT2D eigenvalue weighted by molar-refractivity contribution is 7.86. The summed E-state index contributed by atoms with van der Waals surface area (Å²) in [6, 6.07) is 12.8. The molecular formula is C20H35N3O3SSi. The van der Waals surface area contributed by atoms with Crippen LogP contribution in [-0.4, -0.2) is 83.9 Å². The van der Waals surface area contributed by atoms with Crippen molar-refractivity contribution in [1.29, 1.82) is 0 Å². The summed E-state index contributed by atoms with van der Waals surface area (Å²) in [4.78, 5) is 2.46. The van der Waals surface area contributed by atoms with Crippen molar-refractivity contribution in [2.75, 3.05) is 53.9 Å². The minimum absolute atomic E-state index is 0.591. The van der Waals surface area contributed by atoms with Crippen molar-refractivity contribution in [2.24, 2.45) is 0 Å². The van der Waals surface area contributed by atoms with E-state index >= 15 is 0 Å². The largest absolute Gasteiger partial charge is 0.497 e. The van der Waals surface area contributed by atoms with Crippen molar-refractivity contribution in [3.63, 3.8) is 0 Å². The summed E-state index contributed by atoms with van der Waals surface area (Å²) >= 11 is 0. The van der Waals surface area contributed by atoms with Crippen molar-refractivity contribution < 1.29 is 13.2 Å². The monoisotopic (exact) mass is 425 g/mol. The molecule has 6 nitrogen and oxygen atoms in total. The van der Waals surface area contributed by atoms with Gasteiger partial charge in [0.1, 0.15) is 5.75 Å². The molecule has 0 radical (unpaired) electrons. The molecule has 0 amide bonds. The summed E-state index contributed by atoms with van der Waals surface area (Å²) < 4.78 is 33.1. The molecule has 0 unspecified atom stereocenters. The fourth-order valence-corrected chi connectivity index (χ4v) is 10.9. The number of rotatable bonds is 7. The predicted molar refractivity (Wildman–Crippen MR) is 117 cm³/mol. The molecule has 8 heteroatoms. The van der Waals surface area contributed by atoms with Crippen LogP contribution < -0.4 is 9.92 Å². The Morgan fingerprint density at radius 2 is 1.75 bits per heavy atom. The van der Waals surface area contributed by atoms with Gasteiger partial charge in [0.05, 0.1) is 15.2 Å². The average Bonchev–Trinajstić information content (AvgIpc) is 2.73. The third kappa shape index (κ3) is 4.79. The lowest BCUT2D eigenvalue weighted by Crippen LogP contribution is -2.54. The summed E-state index contributed by atoms with van der Waals surface area (Å²) in [6.45, 7) is 3.92. The molecule has 2 aliphatic rings. The molecule has 1 aromatic carbocycles. The van der Waals surface area contributed by atoms with Crippen molar-refractivity contribution >= 4 is 23.5 Å². The van der Waals surface area contributed by atoms with Gasteiger partial charge in [-0.25, -0.2) is 0 Å². The first-order valence-corrected chi connectivity index (χ1v) is 14.4. The number of benzene rings is 1. The Morgan fingerprint density at radius 1 is 1.07 bits per heavy atom. The second-order valence-electron chi connectivity index (χ2n) is 8.35. The van der Waals surface area contributed by atoms with Gasteiger partial charge in [0.25, 0.3) is 10.2 Å². The number of piperazine rings is 1. The van der Waals surface area contributed by atoms with Gasteiger partial charge in [0.15, 0.2) is 0 Å². The lowest BCUT2D eigenvalue weighted by atomic mass is 10.3. The Bertz CT molecular complexity index is 743. The Morgan fingerprint density at radius 3 is 2.36 bits per heavy atom. The molecular weight excluding hydrogens is 390 g/mol. The lowest BCUT2D eigenvalue weighted by Gasteiger charge is -2.40. The Kier molecular flexibility index (Phi) is 7.20. The van der Waals surface area contributed by atoms with Crippen LogP contribution in [0.3, 0.4) is 0 Å². The molecule has 2 fully saturated rings. The van der Waals surface area contributed by atoms with Gasteiger partial charge in [0.2, 0.25) is 0 Å². The van der Waals surface area contributed by atoms with Crippen LogP contribution in [-0.2, 0) is 10.2 Å². The molecule has 0 aromatic heterocycles. The number of nitrogens with zero attached hydrogens (tertiary/aromatic N) is 3. The zero-order chi connectivity index (χ0) is 20.2. The standard InChI is InChI=1S/C20H35N3O3SSi/c1-21(2)27(24,25)23-12-10-22(11-13-23)14-17-28(15-5-4-6-16-28)20-9-7-8-19(18-20)26-3/h7-9,18H,4-6,10-17H2,1-3H3. The van der Waals surface area contributed by atoms with Gasteiger partial charge in [-0.15, -0.1) is 0 Å². The van der Waals surface area contributed by atoms with Gasteiger partial charge in [-0.05, 0) is 24.7 Å². The predicted octanol–water partition coefficient (Wildman–Crippen LogP) is 1.96.